The molecule has 0 radical (unpaired) electrons. The predicted molar refractivity (Wildman–Crippen MR) is 75.8 cm³/mol. The predicted octanol–water partition coefficient (Wildman–Crippen LogP) is 2.53. The van der Waals surface area contributed by atoms with Crippen LogP contribution in [0.3, 0.4) is 0 Å². The molecule has 1 aliphatic heterocycles. The van der Waals surface area contributed by atoms with Crippen LogP contribution < -0.4 is 10.6 Å². The molecule has 0 unspecified atom stereocenters. The Hall–Kier alpha value is -1.35. The summed E-state index contributed by atoms with van der Waals surface area (Å²) < 4.78 is 0. The fraction of sp³-hybridized carbons (Fsp3) is 0.533. The van der Waals surface area contributed by atoms with E-state index in [1.165, 1.54) is 12.0 Å². The highest BCUT2D eigenvalue weighted by atomic mass is 15.0. The first kappa shape index (κ1) is 13.1. The van der Waals surface area contributed by atoms with Crippen molar-refractivity contribution >= 4 is 5.84 Å². The number of rotatable bonds is 6. The fourth-order valence-electron chi connectivity index (χ4n) is 2.52. The molecule has 1 fully saturated rings. The lowest BCUT2D eigenvalue weighted by molar-refractivity contribution is 0.436. The van der Waals surface area contributed by atoms with E-state index in [4.69, 9.17) is 5.41 Å². The van der Waals surface area contributed by atoms with E-state index in [2.05, 4.69) is 41.8 Å². The van der Waals surface area contributed by atoms with E-state index in [1.54, 1.807) is 0 Å². The lowest BCUT2D eigenvalue weighted by Gasteiger charge is -2.15. The molecule has 0 saturated carbocycles. The van der Waals surface area contributed by atoms with Crippen LogP contribution in [0.1, 0.15) is 31.7 Å². The van der Waals surface area contributed by atoms with Gasteiger partial charge >= 0.3 is 0 Å². The first-order chi connectivity index (χ1) is 8.75. The van der Waals surface area contributed by atoms with Gasteiger partial charge in [-0.25, -0.2) is 0 Å². The molecular weight excluding hydrogens is 222 g/mol. The van der Waals surface area contributed by atoms with Crippen LogP contribution in [0.4, 0.5) is 0 Å². The molecule has 0 spiro atoms. The van der Waals surface area contributed by atoms with E-state index in [0.717, 1.165) is 25.9 Å². The van der Waals surface area contributed by atoms with Gasteiger partial charge in [-0.05, 0) is 30.9 Å². The van der Waals surface area contributed by atoms with Crippen LogP contribution in [0.15, 0.2) is 30.3 Å². The van der Waals surface area contributed by atoms with Crippen molar-refractivity contribution < 1.29 is 0 Å². The minimum absolute atomic E-state index is 0.510. The van der Waals surface area contributed by atoms with Gasteiger partial charge in [-0.15, -0.1) is 0 Å². The zero-order chi connectivity index (χ0) is 12.8. The van der Waals surface area contributed by atoms with Crippen molar-refractivity contribution in [2.45, 2.75) is 38.8 Å². The molecule has 0 aliphatic carbocycles. The van der Waals surface area contributed by atoms with Crippen molar-refractivity contribution in [1.29, 1.82) is 5.41 Å². The summed E-state index contributed by atoms with van der Waals surface area (Å²) in [6, 6.07) is 11.0. The highest BCUT2D eigenvalue weighted by Gasteiger charge is 2.25. The van der Waals surface area contributed by atoms with Gasteiger partial charge in [-0.3, -0.25) is 5.41 Å². The Bertz CT molecular complexity index is 375. The summed E-state index contributed by atoms with van der Waals surface area (Å²) in [5.41, 5.74) is 1.34. The number of amidine groups is 1. The molecule has 1 aromatic rings. The fourth-order valence-corrected chi connectivity index (χ4v) is 2.52. The molecule has 18 heavy (non-hydrogen) atoms. The summed E-state index contributed by atoms with van der Waals surface area (Å²) in [5.74, 6) is 1.33. The first-order valence-electron chi connectivity index (χ1n) is 6.84. The van der Waals surface area contributed by atoms with Crippen LogP contribution in [0.2, 0.25) is 0 Å². The normalized spacial score (nSPS) is 23.1. The van der Waals surface area contributed by atoms with E-state index in [1.807, 2.05) is 6.07 Å². The zero-order valence-electron chi connectivity index (χ0n) is 11.1. The Labute approximate surface area is 109 Å². The van der Waals surface area contributed by atoms with Gasteiger partial charge in [-0.1, -0.05) is 37.3 Å². The summed E-state index contributed by atoms with van der Waals surface area (Å²) in [7, 11) is 0. The van der Waals surface area contributed by atoms with Crippen LogP contribution in [-0.2, 0) is 6.54 Å². The van der Waals surface area contributed by atoms with Crippen molar-refractivity contribution in [1.82, 2.24) is 10.6 Å². The first-order valence-corrected chi connectivity index (χ1v) is 6.84. The SMILES string of the molecule is C[C@@H]1CC(=N)N[C@@H]1CCCNCc1ccccc1. The van der Waals surface area contributed by atoms with Crippen LogP contribution >= 0.6 is 0 Å². The smallest absolute Gasteiger partial charge is 0.0937 e. The van der Waals surface area contributed by atoms with Gasteiger partial charge in [0.15, 0.2) is 0 Å². The number of hydrogen-bond acceptors (Lipinski definition) is 2. The highest BCUT2D eigenvalue weighted by molar-refractivity contribution is 5.81. The Morgan fingerprint density at radius 2 is 2.11 bits per heavy atom. The van der Waals surface area contributed by atoms with E-state index in [0.29, 0.717) is 17.8 Å². The topological polar surface area (TPSA) is 47.9 Å². The Morgan fingerprint density at radius 1 is 1.33 bits per heavy atom. The van der Waals surface area contributed by atoms with Gasteiger partial charge in [-0.2, -0.15) is 0 Å². The average Bonchev–Trinajstić information content (AvgIpc) is 2.69. The molecule has 0 bridgehead atoms. The molecule has 1 aliphatic rings. The summed E-state index contributed by atoms with van der Waals surface area (Å²) in [4.78, 5) is 0. The van der Waals surface area contributed by atoms with Crippen LogP contribution in [0.5, 0.6) is 0 Å². The maximum Gasteiger partial charge on any atom is 0.0937 e. The number of nitrogens with one attached hydrogen (secondary N) is 3. The molecule has 3 heteroatoms. The second-order valence-electron chi connectivity index (χ2n) is 5.22. The van der Waals surface area contributed by atoms with E-state index in [9.17, 15) is 0 Å². The van der Waals surface area contributed by atoms with Crippen molar-refractivity contribution in [2.75, 3.05) is 6.54 Å². The molecule has 0 amide bonds. The maximum atomic E-state index is 7.61. The monoisotopic (exact) mass is 245 g/mol. The summed E-state index contributed by atoms with van der Waals surface area (Å²) in [6.45, 7) is 4.23. The quantitative estimate of drug-likeness (QED) is 0.674. The van der Waals surface area contributed by atoms with Crippen LogP contribution in [0, 0.1) is 11.3 Å². The van der Waals surface area contributed by atoms with Crippen molar-refractivity contribution in [3.05, 3.63) is 35.9 Å². The molecule has 1 saturated heterocycles. The highest BCUT2D eigenvalue weighted by Crippen LogP contribution is 2.19. The number of benzene rings is 1. The molecule has 2 atom stereocenters. The standard InChI is InChI=1S/C15H23N3/c1-12-10-15(16)18-14(12)8-5-9-17-11-13-6-3-2-4-7-13/h2-4,6-7,12,14,17H,5,8-11H2,1H3,(H2,16,18)/t12-,14-/m1/s1. The van der Waals surface area contributed by atoms with Crippen LogP contribution in [0.25, 0.3) is 0 Å². The van der Waals surface area contributed by atoms with Gasteiger partial charge in [0.1, 0.15) is 0 Å². The van der Waals surface area contributed by atoms with E-state index in [-0.39, 0.29) is 0 Å². The van der Waals surface area contributed by atoms with Gasteiger partial charge in [0, 0.05) is 19.0 Å². The maximum absolute atomic E-state index is 7.61. The van der Waals surface area contributed by atoms with Crippen molar-refractivity contribution in [2.24, 2.45) is 5.92 Å². The van der Waals surface area contributed by atoms with E-state index >= 15 is 0 Å². The van der Waals surface area contributed by atoms with Gasteiger partial charge < -0.3 is 10.6 Å². The third kappa shape index (κ3) is 3.84. The molecule has 1 heterocycles. The average molecular weight is 245 g/mol. The van der Waals surface area contributed by atoms with Gasteiger partial charge in [0.05, 0.1) is 5.84 Å². The summed E-state index contributed by atoms with van der Waals surface area (Å²) >= 11 is 0. The molecule has 0 aromatic heterocycles. The van der Waals surface area contributed by atoms with E-state index < -0.39 is 0 Å². The minimum Gasteiger partial charge on any atom is -0.371 e. The Morgan fingerprint density at radius 3 is 2.78 bits per heavy atom. The van der Waals surface area contributed by atoms with Crippen molar-refractivity contribution in [3.8, 4) is 0 Å². The minimum atomic E-state index is 0.510. The second-order valence-corrected chi connectivity index (χ2v) is 5.22. The summed E-state index contributed by atoms with van der Waals surface area (Å²) in [6.07, 6.45) is 3.25. The van der Waals surface area contributed by atoms with Gasteiger partial charge in [0.25, 0.3) is 0 Å². The third-order valence-corrected chi connectivity index (χ3v) is 3.61. The molecule has 3 nitrogen and oxygen atoms in total. The second kappa shape index (κ2) is 6.55. The molecule has 1 aromatic carbocycles. The lowest BCUT2D eigenvalue weighted by atomic mass is 9.99. The summed E-state index contributed by atoms with van der Waals surface area (Å²) in [5, 5.41) is 14.3. The van der Waals surface area contributed by atoms with Crippen LogP contribution in [-0.4, -0.2) is 18.4 Å². The van der Waals surface area contributed by atoms with Crippen molar-refractivity contribution in [3.63, 3.8) is 0 Å². The lowest BCUT2D eigenvalue weighted by Crippen LogP contribution is -2.29. The number of hydrogen-bond donors (Lipinski definition) is 3. The molecule has 2 rings (SSSR count). The largest absolute Gasteiger partial charge is 0.371 e. The van der Waals surface area contributed by atoms with Gasteiger partial charge in [0.2, 0.25) is 0 Å². The third-order valence-electron chi connectivity index (χ3n) is 3.61. The Balaban J connectivity index is 1.58. The molecule has 3 N–H and O–H groups in total. The zero-order valence-corrected chi connectivity index (χ0v) is 11.1. The Kier molecular flexibility index (Phi) is 4.76. The molecule has 98 valence electrons. The molecular formula is C15H23N3.